The molecule has 0 aliphatic heterocycles. The van der Waals surface area contributed by atoms with Crippen LogP contribution in [0.3, 0.4) is 0 Å². The first-order chi connectivity index (χ1) is 8.44. The minimum atomic E-state index is -2.71. The molecule has 5 heteroatoms. The van der Waals surface area contributed by atoms with Crippen LogP contribution in [0.2, 0.25) is 0 Å². The van der Waals surface area contributed by atoms with E-state index < -0.39 is 6.49 Å². The molecule has 0 saturated carbocycles. The summed E-state index contributed by atoms with van der Waals surface area (Å²) in [5.74, 6) is 0. The number of rotatable bonds is 5. The van der Waals surface area contributed by atoms with Crippen molar-refractivity contribution in [3.05, 3.63) is 30.3 Å². The van der Waals surface area contributed by atoms with Crippen LogP contribution in [0.4, 0.5) is 0 Å². The zero-order valence-corrected chi connectivity index (χ0v) is 13.1. The van der Waals surface area contributed by atoms with E-state index in [2.05, 4.69) is 6.92 Å². The summed E-state index contributed by atoms with van der Waals surface area (Å²) in [6.07, 6.45) is 2.36. The Balaban J connectivity index is 0.000000411. The van der Waals surface area contributed by atoms with Crippen molar-refractivity contribution in [2.45, 2.75) is 39.7 Å². The van der Waals surface area contributed by atoms with E-state index in [1.807, 2.05) is 32.0 Å². The largest absolute Gasteiger partial charge is 0.342 e. The summed E-state index contributed by atoms with van der Waals surface area (Å²) in [4.78, 5) is 9.69. The maximum absolute atomic E-state index is 9.69. The molecule has 0 radical (unpaired) electrons. The van der Waals surface area contributed by atoms with Crippen LogP contribution in [-0.4, -0.2) is 17.5 Å². The Morgan fingerprint density at radius 3 is 2.22 bits per heavy atom. The van der Waals surface area contributed by atoms with E-state index in [-0.39, 0.29) is 0 Å². The highest BCUT2D eigenvalue weighted by Gasteiger charge is 2.14. The van der Waals surface area contributed by atoms with Gasteiger partial charge in [-0.2, -0.15) is 0 Å². The van der Waals surface area contributed by atoms with Crippen LogP contribution < -0.4 is 11.0 Å². The lowest BCUT2D eigenvalue weighted by Gasteiger charge is -2.13. The van der Waals surface area contributed by atoms with Gasteiger partial charge in [-0.15, -0.1) is 0 Å². The lowest BCUT2D eigenvalue weighted by Crippen LogP contribution is -2.13. The van der Waals surface area contributed by atoms with Crippen LogP contribution in [0.5, 0.6) is 0 Å². The van der Waals surface area contributed by atoms with Crippen molar-refractivity contribution in [3.8, 4) is 0 Å². The molecule has 104 valence electrons. The van der Waals surface area contributed by atoms with Crippen LogP contribution in [0.25, 0.3) is 0 Å². The second-order valence-electron chi connectivity index (χ2n) is 4.04. The quantitative estimate of drug-likeness (QED) is 0.818. The minimum Gasteiger partial charge on any atom is -0.342 e. The molecule has 1 rings (SSSR count). The predicted molar refractivity (Wildman–Crippen MR) is 82.8 cm³/mol. The van der Waals surface area contributed by atoms with Gasteiger partial charge in [0.1, 0.15) is 0 Å². The molecule has 0 fully saturated rings. The second kappa shape index (κ2) is 9.65. The zero-order valence-electron chi connectivity index (χ0n) is 11.4. The summed E-state index contributed by atoms with van der Waals surface area (Å²) in [5.41, 5.74) is 5.40. The fourth-order valence-electron chi connectivity index (χ4n) is 1.32. The maximum atomic E-state index is 9.69. The van der Waals surface area contributed by atoms with Gasteiger partial charge in [0.2, 0.25) is 6.49 Å². The number of hydrogen-bond acceptors (Lipinski definition) is 3. The SMILES string of the molecule is CCCC(C)N.CCOP(O)(=S)c1ccccc1. The highest BCUT2D eigenvalue weighted by Crippen LogP contribution is 2.40. The third kappa shape index (κ3) is 7.96. The number of nitrogens with two attached hydrogens (primary N) is 1. The highest BCUT2D eigenvalue weighted by molar-refractivity contribution is 8.13. The molecule has 3 nitrogen and oxygen atoms in total. The molecule has 3 N–H and O–H groups in total. The molecule has 2 unspecified atom stereocenters. The molecule has 0 saturated heterocycles. The summed E-state index contributed by atoms with van der Waals surface area (Å²) in [6.45, 7) is 3.73. The normalized spacial score (nSPS) is 15.2. The van der Waals surface area contributed by atoms with Gasteiger partial charge in [0, 0.05) is 11.3 Å². The van der Waals surface area contributed by atoms with Crippen molar-refractivity contribution in [1.29, 1.82) is 0 Å². The molecule has 0 aliphatic rings. The molecular formula is C13H24NO2PS. The first kappa shape index (κ1) is 17.8. The molecule has 0 spiro atoms. The zero-order chi connectivity index (χ0) is 14.0. The fraction of sp³-hybridized carbons (Fsp3) is 0.538. The summed E-state index contributed by atoms with van der Waals surface area (Å²) in [6, 6.07) is 9.53. The molecule has 1 aromatic rings. The van der Waals surface area contributed by atoms with Gasteiger partial charge in [-0.3, -0.25) is 0 Å². The monoisotopic (exact) mass is 289 g/mol. The molecule has 0 amide bonds. The topological polar surface area (TPSA) is 55.5 Å². The van der Waals surface area contributed by atoms with Gasteiger partial charge in [-0.1, -0.05) is 31.5 Å². The van der Waals surface area contributed by atoms with E-state index in [0.29, 0.717) is 18.0 Å². The van der Waals surface area contributed by atoms with Gasteiger partial charge in [0.25, 0.3) is 0 Å². The molecule has 18 heavy (non-hydrogen) atoms. The van der Waals surface area contributed by atoms with Gasteiger partial charge in [-0.05, 0) is 44.2 Å². The maximum Gasteiger partial charge on any atom is 0.216 e. The Bertz CT molecular complexity index is 357. The van der Waals surface area contributed by atoms with Crippen molar-refractivity contribution in [2.24, 2.45) is 5.73 Å². The smallest absolute Gasteiger partial charge is 0.216 e. The second-order valence-corrected chi connectivity index (χ2v) is 7.34. The van der Waals surface area contributed by atoms with Crippen LogP contribution >= 0.6 is 6.49 Å². The lowest BCUT2D eigenvalue weighted by atomic mass is 10.2. The number of benzene rings is 1. The van der Waals surface area contributed by atoms with E-state index in [9.17, 15) is 4.89 Å². The van der Waals surface area contributed by atoms with Gasteiger partial charge < -0.3 is 15.2 Å². The first-order valence-corrected chi connectivity index (χ1v) is 8.89. The van der Waals surface area contributed by atoms with Crippen molar-refractivity contribution >= 4 is 23.6 Å². The molecule has 0 heterocycles. The minimum absolute atomic E-state index is 0.398. The lowest BCUT2D eigenvalue weighted by molar-refractivity contribution is 0.335. The Morgan fingerprint density at radius 2 is 1.89 bits per heavy atom. The van der Waals surface area contributed by atoms with Crippen LogP contribution in [0, 0.1) is 0 Å². The molecule has 0 aliphatic carbocycles. The summed E-state index contributed by atoms with van der Waals surface area (Å²) in [5, 5.41) is 0.710. The van der Waals surface area contributed by atoms with Gasteiger partial charge >= 0.3 is 0 Å². The Kier molecular flexibility index (Phi) is 9.52. The van der Waals surface area contributed by atoms with Gasteiger partial charge in [0.15, 0.2) is 0 Å². The van der Waals surface area contributed by atoms with Crippen LogP contribution in [0.1, 0.15) is 33.6 Å². The molecular weight excluding hydrogens is 265 g/mol. The van der Waals surface area contributed by atoms with E-state index >= 15 is 0 Å². The molecule has 2 atom stereocenters. The third-order valence-electron chi connectivity index (χ3n) is 2.13. The van der Waals surface area contributed by atoms with Crippen LogP contribution in [-0.2, 0) is 16.3 Å². The third-order valence-corrected chi connectivity index (χ3v) is 4.64. The van der Waals surface area contributed by atoms with E-state index in [0.717, 1.165) is 6.42 Å². The van der Waals surface area contributed by atoms with E-state index in [4.69, 9.17) is 22.1 Å². The summed E-state index contributed by atoms with van der Waals surface area (Å²) in [7, 11) is 0. The van der Waals surface area contributed by atoms with Crippen molar-refractivity contribution in [1.82, 2.24) is 0 Å². The van der Waals surface area contributed by atoms with E-state index in [1.165, 1.54) is 6.42 Å². The highest BCUT2D eigenvalue weighted by atomic mass is 32.5. The van der Waals surface area contributed by atoms with E-state index in [1.54, 1.807) is 12.1 Å². The Morgan fingerprint density at radius 1 is 1.33 bits per heavy atom. The van der Waals surface area contributed by atoms with Gasteiger partial charge in [-0.25, -0.2) is 0 Å². The number of hydrogen-bond donors (Lipinski definition) is 2. The summed E-state index contributed by atoms with van der Waals surface area (Å²) >= 11 is 4.95. The van der Waals surface area contributed by atoms with Crippen molar-refractivity contribution in [2.75, 3.05) is 6.61 Å². The Hall–Kier alpha value is -0.250. The first-order valence-electron chi connectivity index (χ1n) is 6.22. The average molecular weight is 289 g/mol. The molecule has 0 bridgehead atoms. The Labute approximate surface area is 116 Å². The fourth-order valence-corrected chi connectivity index (χ4v) is 3.05. The van der Waals surface area contributed by atoms with Crippen molar-refractivity contribution in [3.63, 3.8) is 0 Å². The average Bonchev–Trinajstić information content (AvgIpc) is 2.31. The predicted octanol–water partition coefficient (Wildman–Crippen LogP) is 2.78. The van der Waals surface area contributed by atoms with Gasteiger partial charge in [0.05, 0.1) is 6.61 Å². The van der Waals surface area contributed by atoms with Crippen LogP contribution in [0.15, 0.2) is 30.3 Å². The van der Waals surface area contributed by atoms with Crippen molar-refractivity contribution < 1.29 is 9.42 Å². The molecule has 0 aromatic heterocycles. The molecule has 1 aromatic carbocycles. The standard InChI is InChI=1S/C8H11O2PS.C5H13N/c1-2-10-11(9,12)8-6-4-3-5-7-8;1-3-4-5(2)6/h3-7H,2H2,1H3,(H,9,12);5H,3-4,6H2,1-2H3. The summed E-state index contributed by atoms with van der Waals surface area (Å²) < 4.78 is 5.10.